The summed E-state index contributed by atoms with van der Waals surface area (Å²) in [4.78, 5) is 30.6. The average molecular weight is 1060 g/mol. The van der Waals surface area contributed by atoms with E-state index in [0.29, 0.717) is 21.6 Å². The Kier molecular flexibility index (Phi) is 46.0. The molecule has 0 saturated carbocycles. The van der Waals surface area contributed by atoms with Crippen molar-refractivity contribution in [2.75, 3.05) is 20.3 Å². The van der Waals surface area contributed by atoms with Gasteiger partial charge in [0.05, 0.1) is 6.10 Å². The Morgan fingerprint density at radius 1 is 0.608 bits per heavy atom. The van der Waals surface area contributed by atoms with Crippen molar-refractivity contribution in [3.05, 3.63) is 145 Å². The van der Waals surface area contributed by atoms with Crippen molar-refractivity contribution < 1.29 is 23.9 Å². The smallest absolute Gasteiger partial charge is 0.159 e. The number of hydrogen-bond acceptors (Lipinski definition) is 5. The maximum absolute atomic E-state index is 10.6. The standard InChI is InChI=1S/C17H22Si.C8H8O.C8H10.C7H18Si.2C6H12O.C5H12.C4H8.C3H8O.C3H6O/c1-17(2,3)18(4,15-11-7-5-8-12-15)16-13-9-6-10-14-16;1-7(9)8-5-3-2-4-6-8;1-2-8-6-4-3-5-7-8;1-7(2,3)8(4,5)6;1-6-4-2-3-5-7-6;1-5(7)6(2,3)4;1-5(2,3)4;2*1-3-4-2;1-3(2)4/h5-14H,1-4H3;2-6H,1H3;3-7H,2H2,1H3;1-6H3;6H,2-5H2,1H3;1-4H3;1-4H3;3H,1,4H2,2H3;3H2,1-2H3;1-2H3. The first kappa shape index (κ1) is 78.9. The lowest BCUT2D eigenvalue weighted by atomic mass is 9.92. The molecule has 5 nitrogen and oxygen atoms in total. The molecule has 0 radical (unpaired) electrons. The van der Waals surface area contributed by atoms with Crippen LogP contribution in [0.25, 0.3) is 0 Å². The van der Waals surface area contributed by atoms with E-state index in [1.165, 1.54) is 49.0 Å². The van der Waals surface area contributed by atoms with E-state index < -0.39 is 16.1 Å². The van der Waals surface area contributed by atoms with Crippen molar-refractivity contribution in [1.29, 1.82) is 0 Å². The molecule has 0 N–H and O–H groups in total. The molecular formula is C67H116O5Si2. The number of aryl methyl sites for hydroxylation is 1. The van der Waals surface area contributed by atoms with Gasteiger partial charge in [-0.25, -0.2) is 0 Å². The predicted octanol–water partition coefficient (Wildman–Crippen LogP) is 19.0. The number of methoxy groups -OCH3 is 1. The van der Waals surface area contributed by atoms with Gasteiger partial charge < -0.3 is 14.3 Å². The minimum Gasteiger partial charge on any atom is -0.385 e. The lowest BCUT2D eigenvalue weighted by Crippen LogP contribution is -2.61. The minimum absolute atomic E-state index is 0.121. The molecule has 1 saturated heterocycles. The van der Waals surface area contributed by atoms with Gasteiger partial charge in [0, 0.05) is 39.4 Å². The van der Waals surface area contributed by atoms with Crippen LogP contribution in [0.5, 0.6) is 0 Å². The highest BCUT2D eigenvalue weighted by atomic mass is 28.3. The number of carbonyl (C=O) groups is 3. The van der Waals surface area contributed by atoms with E-state index in [1.807, 2.05) is 70.2 Å². The van der Waals surface area contributed by atoms with Crippen molar-refractivity contribution in [3.63, 3.8) is 0 Å². The minimum atomic E-state index is -1.70. The van der Waals surface area contributed by atoms with Crippen LogP contribution in [0.4, 0.5) is 0 Å². The molecule has 4 aromatic rings. The van der Waals surface area contributed by atoms with E-state index in [-0.39, 0.29) is 22.8 Å². The van der Waals surface area contributed by atoms with E-state index in [1.54, 1.807) is 21.0 Å². The Morgan fingerprint density at radius 2 is 0.905 bits per heavy atom. The highest BCUT2D eigenvalue weighted by Crippen LogP contribution is 2.36. The molecule has 0 amide bonds. The lowest BCUT2D eigenvalue weighted by molar-refractivity contribution is -0.124. The molecule has 1 unspecified atom stereocenters. The Bertz CT molecular complexity index is 1860. The summed E-state index contributed by atoms with van der Waals surface area (Å²) < 4.78 is 9.82. The summed E-state index contributed by atoms with van der Waals surface area (Å²) in [7, 11) is -0.881. The number of carbonyl (C=O) groups excluding carboxylic acids is 3. The number of benzene rings is 4. The van der Waals surface area contributed by atoms with Gasteiger partial charge in [0.2, 0.25) is 0 Å². The van der Waals surface area contributed by atoms with E-state index >= 15 is 0 Å². The summed E-state index contributed by atoms with van der Waals surface area (Å²) in [6, 6.07) is 41.7. The van der Waals surface area contributed by atoms with Crippen LogP contribution in [0.1, 0.15) is 187 Å². The fraction of sp³-hybridized carbons (Fsp3) is 0.567. The second kappa shape index (κ2) is 43.1. The molecule has 1 fully saturated rings. The third kappa shape index (κ3) is 47.7. The second-order valence-electron chi connectivity index (χ2n) is 24.5. The van der Waals surface area contributed by atoms with Crippen LogP contribution in [-0.2, 0) is 25.5 Å². The van der Waals surface area contributed by atoms with Crippen LogP contribution in [0, 0.1) is 10.8 Å². The van der Waals surface area contributed by atoms with E-state index in [9.17, 15) is 14.4 Å². The monoisotopic (exact) mass is 1060 g/mol. The van der Waals surface area contributed by atoms with Crippen LogP contribution < -0.4 is 10.4 Å². The first-order valence-electron chi connectivity index (χ1n) is 27.3. The average Bonchev–Trinajstić information content (AvgIpc) is 3.32. The lowest BCUT2D eigenvalue weighted by Gasteiger charge is -2.41. The zero-order valence-electron chi connectivity index (χ0n) is 52.9. The molecule has 5 rings (SSSR count). The number of allylic oxidation sites excluding steroid dienone is 1. The predicted molar refractivity (Wildman–Crippen MR) is 338 cm³/mol. The largest absolute Gasteiger partial charge is 0.385 e. The summed E-state index contributed by atoms with van der Waals surface area (Å²) in [6.45, 7) is 58.2. The second-order valence-corrected chi connectivity index (χ2v) is 35.4. The zero-order chi connectivity index (χ0) is 58.8. The molecule has 1 atom stereocenters. The Morgan fingerprint density at radius 3 is 1.05 bits per heavy atom. The first-order chi connectivity index (χ1) is 33.8. The number of ether oxygens (including phenoxy) is 2. The van der Waals surface area contributed by atoms with E-state index in [4.69, 9.17) is 4.74 Å². The molecule has 1 heterocycles. The van der Waals surface area contributed by atoms with E-state index in [0.717, 1.165) is 31.6 Å². The normalized spacial score (nSPS) is 12.8. The molecule has 422 valence electrons. The quantitative estimate of drug-likeness (QED) is 0.109. The summed E-state index contributed by atoms with van der Waals surface area (Å²) in [5.74, 6) is 0.531. The molecule has 1 aliphatic heterocycles. The molecule has 4 aromatic carbocycles. The highest BCUT2D eigenvalue weighted by Gasteiger charge is 2.42. The molecule has 7 heteroatoms. The maximum atomic E-state index is 10.6. The third-order valence-corrected chi connectivity index (χ3v) is 22.4. The topological polar surface area (TPSA) is 69.7 Å². The fourth-order valence-corrected chi connectivity index (χ4v) is 8.65. The van der Waals surface area contributed by atoms with Crippen LogP contribution in [-0.4, -0.2) is 59.9 Å². The van der Waals surface area contributed by atoms with Gasteiger partial charge in [-0.15, -0.1) is 6.58 Å². The van der Waals surface area contributed by atoms with Crippen molar-refractivity contribution in [2.24, 2.45) is 10.8 Å². The molecule has 0 spiro atoms. The summed E-state index contributed by atoms with van der Waals surface area (Å²) >= 11 is 0. The third-order valence-electron chi connectivity index (χ3n) is 11.9. The van der Waals surface area contributed by atoms with Crippen LogP contribution in [0.15, 0.2) is 134 Å². The van der Waals surface area contributed by atoms with Crippen LogP contribution in [0.3, 0.4) is 0 Å². The van der Waals surface area contributed by atoms with Crippen molar-refractivity contribution in [3.8, 4) is 0 Å². The summed E-state index contributed by atoms with van der Waals surface area (Å²) in [5, 5.41) is 3.91. The first-order valence-corrected chi connectivity index (χ1v) is 33.3. The fourth-order valence-electron chi connectivity index (χ4n) is 4.86. The van der Waals surface area contributed by atoms with E-state index in [2.05, 4.69) is 212 Å². The molecule has 1 aliphatic rings. The number of hydrogen-bond donors (Lipinski definition) is 0. The number of rotatable bonds is 6. The van der Waals surface area contributed by atoms with Crippen molar-refractivity contribution in [2.45, 2.75) is 220 Å². The van der Waals surface area contributed by atoms with Gasteiger partial charge in [0.15, 0.2) is 5.78 Å². The number of ketones is 3. The molecule has 0 bridgehead atoms. The highest BCUT2D eigenvalue weighted by molar-refractivity contribution is 7.03. The molecule has 0 aromatic heterocycles. The summed E-state index contributed by atoms with van der Waals surface area (Å²) in [5.41, 5.74) is 2.55. The van der Waals surface area contributed by atoms with Gasteiger partial charge >= 0.3 is 0 Å². The Hall–Kier alpha value is -4.02. The van der Waals surface area contributed by atoms with Crippen molar-refractivity contribution >= 4 is 43.9 Å². The van der Waals surface area contributed by atoms with Gasteiger partial charge in [-0.3, -0.25) is 9.59 Å². The van der Waals surface area contributed by atoms with Crippen LogP contribution in [0.2, 0.25) is 36.3 Å². The van der Waals surface area contributed by atoms with Gasteiger partial charge in [0.1, 0.15) is 19.6 Å². The maximum Gasteiger partial charge on any atom is 0.159 e. The molecule has 74 heavy (non-hydrogen) atoms. The van der Waals surface area contributed by atoms with Gasteiger partial charge in [0.25, 0.3) is 0 Å². The van der Waals surface area contributed by atoms with Crippen molar-refractivity contribution in [1.82, 2.24) is 0 Å². The molecular weight excluding hydrogens is 941 g/mol. The van der Waals surface area contributed by atoms with Crippen LogP contribution >= 0.6 is 0 Å². The van der Waals surface area contributed by atoms with Gasteiger partial charge in [-0.2, -0.15) is 0 Å². The molecule has 0 aliphatic carbocycles. The van der Waals surface area contributed by atoms with Gasteiger partial charge in [-0.1, -0.05) is 268 Å². The Balaban J connectivity index is -0.000000250. The number of Topliss-reactive ketones (excluding diaryl/α,β-unsaturated/α-hetero) is 3. The Labute approximate surface area is 461 Å². The zero-order valence-corrected chi connectivity index (χ0v) is 54.9. The van der Waals surface area contributed by atoms with Gasteiger partial charge in [-0.05, 0) is 94.7 Å². The SMILES string of the molecule is C=CCC.CC(=O)C(C)(C)C.CC(=O)c1ccccc1.CC(C)(C)C.CC(C)(C)[Si](C)(C)C.CC(C)(C)[Si](C)(c1ccccc1)c1ccccc1.CC(C)=O.CC1CCCCO1.CCOC.CCc1ccccc1. The summed E-state index contributed by atoms with van der Waals surface area (Å²) in [6.07, 6.45) is 8.53.